The number of amides is 1. The van der Waals surface area contributed by atoms with Gasteiger partial charge in [0, 0.05) is 23.8 Å². The highest BCUT2D eigenvalue weighted by molar-refractivity contribution is 7.09. The lowest BCUT2D eigenvalue weighted by Crippen LogP contribution is -2.30. The molecule has 128 valence electrons. The third-order valence-corrected chi connectivity index (χ3v) is 4.91. The van der Waals surface area contributed by atoms with Gasteiger partial charge in [-0.3, -0.25) is 9.78 Å². The first-order valence-electron chi connectivity index (χ1n) is 8.09. The van der Waals surface area contributed by atoms with Gasteiger partial charge in [0.15, 0.2) is 0 Å². The standard InChI is InChI=1S/C20H20N2O2S/c1-24-17-8-6-16(7-9-17)19(12-18-5-3-11-25-18)20(23)22-14-15-4-2-10-21-13-15/h2-11,13,19H,12,14H2,1H3,(H,22,23). The Balaban J connectivity index is 1.75. The maximum Gasteiger partial charge on any atom is 0.228 e. The van der Waals surface area contributed by atoms with Gasteiger partial charge in [0.2, 0.25) is 5.91 Å². The summed E-state index contributed by atoms with van der Waals surface area (Å²) >= 11 is 1.67. The molecule has 0 aliphatic rings. The summed E-state index contributed by atoms with van der Waals surface area (Å²) in [6.45, 7) is 0.476. The maximum atomic E-state index is 12.8. The number of nitrogens with zero attached hydrogens (tertiary/aromatic N) is 1. The molecule has 1 atom stereocenters. The Morgan fingerprint density at radius 1 is 1.20 bits per heavy atom. The number of nitrogens with one attached hydrogen (secondary N) is 1. The van der Waals surface area contributed by atoms with E-state index in [-0.39, 0.29) is 11.8 Å². The third kappa shape index (κ3) is 4.67. The molecule has 0 spiro atoms. The Hall–Kier alpha value is -2.66. The molecule has 0 aliphatic heterocycles. The Morgan fingerprint density at radius 2 is 2.04 bits per heavy atom. The number of aromatic nitrogens is 1. The molecule has 1 amide bonds. The van der Waals surface area contributed by atoms with E-state index in [2.05, 4.69) is 16.4 Å². The van der Waals surface area contributed by atoms with E-state index in [0.717, 1.165) is 16.9 Å². The minimum absolute atomic E-state index is 0.0161. The lowest BCUT2D eigenvalue weighted by molar-refractivity contribution is -0.122. The van der Waals surface area contributed by atoms with Crippen molar-refractivity contribution >= 4 is 17.2 Å². The quantitative estimate of drug-likeness (QED) is 0.704. The lowest BCUT2D eigenvalue weighted by atomic mass is 9.94. The van der Waals surface area contributed by atoms with Crippen LogP contribution in [0.1, 0.15) is 21.9 Å². The summed E-state index contributed by atoms with van der Waals surface area (Å²) in [5.41, 5.74) is 1.97. The van der Waals surface area contributed by atoms with Crippen molar-refractivity contribution < 1.29 is 9.53 Å². The molecular formula is C20H20N2O2S. The van der Waals surface area contributed by atoms with E-state index in [1.54, 1.807) is 30.8 Å². The topological polar surface area (TPSA) is 51.2 Å². The first-order chi connectivity index (χ1) is 12.3. The zero-order chi connectivity index (χ0) is 17.5. The van der Waals surface area contributed by atoms with Crippen molar-refractivity contribution in [2.45, 2.75) is 18.9 Å². The normalized spacial score (nSPS) is 11.7. The highest BCUT2D eigenvalue weighted by Gasteiger charge is 2.21. The van der Waals surface area contributed by atoms with E-state index >= 15 is 0 Å². The van der Waals surface area contributed by atoms with Crippen LogP contribution in [0.15, 0.2) is 66.3 Å². The second-order valence-corrected chi connectivity index (χ2v) is 6.72. The minimum atomic E-state index is -0.235. The van der Waals surface area contributed by atoms with Crippen molar-refractivity contribution in [2.75, 3.05) is 7.11 Å². The van der Waals surface area contributed by atoms with Crippen LogP contribution < -0.4 is 10.1 Å². The van der Waals surface area contributed by atoms with Crippen LogP contribution in [0.25, 0.3) is 0 Å². The van der Waals surface area contributed by atoms with Gasteiger partial charge in [-0.1, -0.05) is 24.3 Å². The van der Waals surface area contributed by atoms with Gasteiger partial charge in [0.1, 0.15) is 5.75 Å². The summed E-state index contributed by atoms with van der Waals surface area (Å²) in [5.74, 6) is 0.568. The molecule has 1 aromatic carbocycles. The summed E-state index contributed by atoms with van der Waals surface area (Å²) < 4.78 is 5.22. The average molecular weight is 352 g/mol. The zero-order valence-electron chi connectivity index (χ0n) is 14.0. The van der Waals surface area contributed by atoms with Gasteiger partial charge in [-0.05, 0) is 47.2 Å². The summed E-state index contributed by atoms with van der Waals surface area (Å²) in [6.07, 6.45) is 4.17. The molecule has 0 bridgehead atoms. The number of pyridine rings is 1. The molecule has 2 aromatic heterocycles. The Bertz CT molecular complexity index is 786. The SMILES string of the molecule is COc1ccc(C(Cc2cccs2)C(=O)NCc2cccnc2)cc1. The zero-order valence-corrected chi connectivity index (χ0v) is 14.8. The highest BCUT2D eigenvalue weighted by Crippen LogP contribution is 2.25. The number of ether oxygens (including phenoxy) is 1. The molecule has 4 nitrogen and oxygen atoms in total. The number of carbonyl (C=O) groups is 1. The first kappa shape index (κ1) is 17.2. The average Bonchev–Trinajstić information content (AvgIpc) is 3.18. The molecular weight excluding hydrogens is 332 g/mol. The molecule has 25 heavy (non-hydrogen) atoms. The van der Waals surface area contributed by atoms with Gasteiger partial charge in [0.25, 0.3) is 0 Å². The van der Waals surface area contributed by atoms with E-state index < -0.39 is 0 Å². The van der Waals surface area contributed by atoms with Crippen LogP contribution in [-0.2, 0) is 17.8 Å². The van der Waals surface area contributed by atoms with Crippen LogP contribution in [0, 0.1) is 0 Å². The second-order valence-electron chi connectivity index (χ2n) is 5.69. The van der Waals surface area contributed by atoms with Crippen molar-refractivity contribution in [2.24, 2.45) is 0 Å². The van der Waals surface area contributed by atoms with Crippen molar-refractivity contribution in [1.29, 1.82) is 0 Å². The minimum Gasteiger partial charge on any atom is -0.497 e. The fraction of sp³-hybridized carbons (Fsp3) is 0.200. The van der Waals surface area contributed by atoms with E-state index in [0.29, 0.717) is 13.0 Å². The van der Waals surface area contributed by atoms with Gasteiger partial charge >= 0.3 is 0 Å². The fourth-order valence-corrected chi connectivity index (χ4v) is 3.40. The molecule has 3 rings (SSSR count). The Labute approximate surface area is 151 Å². The number of hydrogen-bond acceptors (Lipinski definition) is 4. The summed E-state index contributed by atoms with van der Waals surface area (Å²) in [7, 11) is 1.64. The predicted molar refractivity (Wildman–Crippen MR) is 99.8 cm³/mol. The van der Waals surface area contributed by atoms with Gasteiger partial charge < -0.3 is 10.1 Å². The smallest absolute Gasteiger partial charge is 0.228 e. The largest absolute Gasteiger partial charge is 0.497 e. The van der Waals surface area contributed by atoms with Crippen LogP contribution in [-0.4, -0.2) is 18.0 Å². The molecule has 2 heterocycles. The third-order valence-electron chi connectivity index (χ3n) is 4.01. The van der Waals surface area contributed by atoms with E-state index in [4.69, 9.17) is 4.74 Å². The van der Waals surface area contributed by atoms with Gasteiger partial charge in [-0.2, -0.15) is 0 Å². The molecule has 3 aromatic rings. The molecule has 1 unspecified atom stereocenters. The maximum absolute atomic E-state index is 12.8. The predicted octanol–water partition coefficient (Wildman–Crippen LogP) is 3.79. The molecule has 5 heteroatoms. The fourth-order valence-electron chi connectivity index (χ4n) is 2.64. The number of carbonyl (C=O) groups excluding carboxylic acids is 1. The van der Waals surface area contributed by atoms with Crippen molar-refractivity contribution in [3.8, 4) is 5.75 Å². The summed E-state index contributed by atoms with van der Waals surface area (Å²) in [5, 5.41) is 5.07. The van der Waals surface area contributed by atoms with Crippen LogP contribution >= 0.6 is 11.3 Å². The van der Waals surface area contributed by atoms with Crippen LogP contribution in [0.5, 0.6) is 5.75 Å². The number of hydrogen-bond donors (Lipinski definition) is 1. The molecule has 0 aliphatic carbocycles. The van der Waals surface area contributed by atoms with Crippen molar-refractivity contribution in [1.82, 2.24) is 10.3 Å². The molecule has 0 saturated carbocycles. The van der Waals surface area contributed by atoms with Gasteiger partial charge in [0.05, 0.1) is 13.0 Å². The number of benzene rings is 1. The van der Waals surface area contributed by atoms with Gasteiger partial charge in [-0.15, -0.1) is 11.3 Å². The molecule has 0 fully saturated rings. The van der Waals surface area contributed by atoms with Crippen molar-refractivity contribution in [3.05, 3.63) is 82.3 Å². The van der Waals surface area contributed by atoms with Gasteiger partial charge in [-0.25, -0.2) is 0 Å². The monoisotopic (exact) mass is 352 g/mol. The highest BCUT2D eigenvalue weighted by atomic mass is 32.1. The van der Waals surface area contributed by atoms with E-state index in [1.807, 2.05) is 47.8 Å². The van der Waals surface area contributed by atoms with E-state index in [1.165, 1.54) is 4.88 Å². The number of thiophene rings is 1. The van der Waals surface area contributed by atoms with Crippen LogP contribution in [0.2, 0.25) is 0 Å². The van der Waals surface area contributed by atoms with Crippen LogP contribution in [0.3, 0.4) is 0 Å². The lowest BCUT2D eigenvalue weighted by Gasteiger charge is -2.17. The van der Waals surface area contributed by atoms with E-state index in [9.17, 15) is 4.79 Å². The van der Waals surface area contributed by atoms with Crippen molar-refractivity contribution in [3.63, 3.8) is 0 Å². The summed E-state index contributed by atoms with van der Waals surface area (Å²) in [6, 6.07) is 15.6. The first-order valence-corrected chi connectivity index (χ1v) is 8.97. The Morgan fingerprint density at radius 3 is 2.68 bits per heavy atom. The molecule has 1 N–H and O–H groups in total. The van der Waals surface area contributed by atoms with Crippen LogP contribution in [0.4, 0.5) is 0 Å². The Kier molecular flexibility index (Phi) is 5.80. The summed E-state index contributed by atoms with van der Waals surface area (Å²) in [4.78, 5) is 18.1. The number of methoxy groups -OCH3 is 1. The molecule has 0 radical (unpaired) electrons. The second kappa shape index (κ2) is 8.44. The molecule has 0 saturated heterocycles. The number of rotatable bonds is 7.